The van der Waals surface area contributed by atoms with Gasteiger partial charge < -0.3 is 5.32 Å². The van der Waals surface area contributed by atoms with Crippen LogP contribution in [0.1, 0.15) is 27.0 Å². The minimum absolute atomic E-state index is 0.162. The number of hydrogen-bond donors (Lipinski definition) is 1. The van der Waals surface area contributed by atoms with Crippen LogP contribution in [0.15, 0.2) is 30.3 Å². The quantitative estimate of drug-likeness (QED) is 0.755. The first kappa shape index (κ1) is 15.0. The summed E-state index contributed by atoms with van der Waals surface area (Å²) in [4.78, 5) is 12.4. The molecule has 0 atom stereocenters. The van der Waals surface area contributed by atoms with Crippen LogP contribution in [0.3, 0.4) is 0 Å². The highest BCUT2D eigenvalue weighted by Gasteiger charge is 2.14. The lowest BCUT2D eigenvalue weighted by molar-refractivity contribution is 0.102. The normalized spacial score (nSPS) is 10.4. The molecule has 0 heterocycles. The largest absolute Gasteiger partial charge is 0.321 e. The van der Waals surface area contributed by atoms with E-state index in [1.807, 2.05) is 55.5 Å². The van der Waals surface area contributed by atoms with Crippen LogP contribution in [0.5, 0.6) is 0 Å². The fourth-order valence-electron chi connectivity index (χ4n) is 2.31. The maximum absolute atomic E-state index is 13.1. The smallest absolute Gasteiger partial charge is 0.256 e. The van der Waals surface area contributed by atoms with Crippen LogP contribution in [0.25, 0.3) is 0 Å². The lowest BCUT2D eigenvalue weighted by Crippen LogP contribution is -2.16. The molecule has 0 fully saturated rings. The maximum atomic E-state index is 13.1. The average Bonchev–Trinajstić information content (AvgIpc) is 2.31. The van der Waals surface area contributed by atoms with Crippen LogP contribution in [0.4, 0.5) is 10.1 Å². The van der Waals surface area contributed by atoms with Crippen LogP contribution >= 0.6 is 22.6 Å². The molecule has 4 heteroatoms. The highest BCUT2D eigenvalue weighted by atomic mass is 127. The second-order valence-corrected chi connectivity index (χ2v) is 6.01. The Morgan fingerprint density at radius 3 is 2.25 bits per heavy atom. The minimum atomic E-state index is -0.310. The Labute approximate surface area is 131 Å². The van der Waals surface area contributed by atoms with Crippen molar-refractivity contribution < 1.29 is 9.18 Å². The van der Waals surface area contributed by atoms with Crippen molar-refractivity contribution in [2.24, 2.45) is 0 Å². The zero-order valence-corrected chi connectivity index (χ0v) is 13.7. The summed E-state index contributed by atoms with van der Waals surface area (Å²) in [5, 5.41) is 2.84. The molecule has 104 valence electrons. The van der Waals surface area contributed by atoms with E-state index in [1.165, 1.54) is 12.1 Å². The Balaban J connectivity index is 2.33. The molecule has 2 aromatic rings. The van der Waals surface area contributed by atoms with Gasteiger partial charge in [0.15, 0.2) is 0 Å². The zero-order valence-electron chi connectivity index (χ0n) is 11.6. The number of amides is 1. The van der Waals surface area contributed by atoms with E-state index in [2.05, 4.69) is 5.32 Å². The Morgan fingerprint density at radius 1 is 1.10 bits per heavy atom. The first-order chi connectivity index (χ1) is 9.38. The van der Waals surface area contributed by atoms with Gasteiger partial charge in [-0.1, -0.05) is 17.7 Å². The number of hydrogen-bond acceptors (Lipinski definition) is 1. The van der Waals surface area contributed by atoms with Gasteiger partial charge in [-0.25, -0.2) is 4.39 Å². The molecule has 0 aliphatic heterocycles. The van der Waals surface area contributed by atoms with Gasteiger partial charge in [-0.3, -0.25) is 4.79 Å². The molecule has 0 spiro atoms. The van der Waals surface area contributed by atoms with E-state index in [1.54, 1.807) is 6.07 Å². The summed E-state index contributed by atoms with van der Waals surface area (Å²) in [7, 11) is 0. The molecule has 2 nitrogen and oxygen atoms in total. The molecule has 0 aliphatic rings. The molecule has 0 saturated carbocycles. The molecular formula is C16H15FINO. The first-order valence-electron chi connectivity index (χ1n) is 6.22. The lowest BCUT2D eigenvalue weighted by atomic mass is 9.99. The number of rotatable bonds is 2. The molecule has 0 bridgehead atoms. The molecule has 1 amide bonds. The third kappa shape index (κ3) is 3.17. The molecule has 20 heavy (non-hydrogen) atoms. The number of carbonyl (C=O) groups is 1. The topological polar surface area (TPSA) is 29.1 Å². The average molecular weight is 383 g/mol. The summed E-state index contributed by atoms with van der Waals surface area (Å²) in [5.74, 6) is -0.473. The third-order valence-corrected chi connectivity index (χ3v) is 3.98. The number of anilines is 1. The van der Waals surface area contributed by atoms with Gasteiger partial charge in [0.1, 0.15) is 5.82 Å². The van der Waals surface area contributed by atoms with E-state index in [0.29, 0.717) is 14.8 Å². The molecule has 2 aromatic carbocycles. The van der Waals surface area contributed by atoms with Crippen molar-refractivity contribution in [3.63, 3.8) is 0 Å². The second kappa shape index (κ2) is 5.91. The van der Waals surface area contributed by atoms with Crippen molar-refractivity contribution in [3.8, 4) is 0 Å². The van der Waals surface area contributed by atoms with E-state index >= 15 is 0 Å². The Kier molecular flexibility index (Phi) is 4.42. The van der Waals surface area contributed by atoms with Gasteiger partial charge >= 0.3 is 0 Å². The van der Waals surface area contributed by atoms with Crippen LogP contribution in [0.2, 0.25) is 0 Å². The number of aryl methyl sites for hydroxylation is 3. The van der Waals surface area contributed by atoms with Crippen LogP contribution in [0, 0.1) is 30.2 Å². The van der Waals surface area contributed by atoms with Crippen molar-refractivity contribution in [2.75, 3.05) is 5.32 Å². The van der Waals surface area contributed by atoms with Gasteiger partial charge in [0.05, 0.1) is 5.69 Å². The monoisotopic (exact) mass is 383 g/mol. The van der Waals surface area contributed by atoms with E-state index in [4.69, 9.17) is 0 Å². The Hall–Kier alpha value is -1.43. The fourth-order valence-corrected chi connectivity index (χ4v) is 2.93. The predicted octanol–water partition coefficient (Wildman–Crippen LogP) is 4.61. The van der Waals surface area contributed by atoms with Crippen molar-refractivity contribution in [1.82, 2.24) is 0 Å². The molecule has 1 N–H and O–H groups in total. The third-order valence-electron chi connectivity index (χ3n) is 3.08. The Morgan fingerprint density at radius 2 is 1.70 bits per heavy atom. The SMILES string of the molecule is Cc1cc(C)c(C(=O)Nc2ccc(F)cc2I)c(C)c1. The van der Waals surface area contributed by atoms with E-state index in [-0.39, 0.29) is 11.7 Å². The van der Waals surface area contributed by atoms with Crippen LogP contribution in [-0.4, -0.2) is 5.91 Å². The molecule has 0 unspecified atom stereocenters. The highest BCUT2D eigenvalue weighted by molar-refractivity contribution is 14.1. The number of nitrogens with one attached hydrogen (secondary N) is 1. The van der Waals surface area contributed by atoms with Gasteiger partial charge in [-0.05, 0) is 72.7 Å². The second-order valence-electron chi connectivity index (χ2n) is 4.85. The summed E-state index contributed by atoms with van der Waals surface area (Å²) in [6, 6.07) is 8.28. The Bertz CT molecular complexity index is 659. The van der Waals surface area contributed by atoms with Crippen molar-refractivity contribution >= 4 is 34.2 Å². The molecular weight excluding hydrogens is 368 g/mol. The number of benzene rings is 2. The molecule has 2 rings (SSSR count). The summed E-state index contributed by atoms with van der Waals surface area (Å²) in [5.41, 5.74) is 4.31. The van der Waals surface area contributed by atoms with Gasteiger partial charge in [0, 0.05) is 9.13 Å². The summed E-state index contributed by atoms with van der Waals surface area (Å²) < 4.78 is 13.7. The fraction of sp³-hybridized carbons (Fsp3) is 0.188. The van der Waals surface area contributed by atoms with Crippen LogP contribution < -0.4 is 5.32 Å². The standard InChI is InChI=1S/C16H15FINO/c1-9-6-10(2)15(11(3)7-9)16(20)19-14-5-4-12(17)8-13(14)18/h4-8H,1-3H3,(H,19,20). The number of carbonyl (C=O) groups excluding carboxylic acids is 1. The van der Waals surface area contributed by atoms with Gasteiger partial charge in [-0.2, -0.15) is 0 Å². The summed E-state index contributed by atoms with van der Waals surface area (Å²) in [6.45, 7) is 5.85. The molecule has 0 radical (unpaired) electrons. The van der Waals surface area contributed by atoms with E-state index < -0.39 is 0 Å². The maximum Gasteiger partial charge on any atom is 0.256 e. The van der Waals surface area contributed by atoms with Gasteiger partial charge in [0.2, 0.25) is 0 Å². The lowest BCUT2D eigenvalue weighted by Gasteiger charge is -2.12. The number of halogens is 2. The van der Waals surface area contributed by atoms with Crippen molar-refractivity contribution in [3.05, 3.63) is 62.0 Å². The van der Waals surface area contributed by atoms with Crippen molar-refractivity contribution in [1.29, 1.82) is 0 Å². The minimum Gasteiger partial charge on any atom is -0.321 e. The predicted molar refractivity (Wildman–Crippen MR) is 87.7 cm³/mol. The molecule has 0 aliphatic carbocycles. The molecule has 0 aromatic heterocycles. The first-order valence-corrected chi connectivity index (χ1v) is 7.30. The van der Waals surface area contributed by atoms with E-state index in [9.17, 15) is 9.18 Å². The summed E-state index contributed by atoms with van der Waals surface area (Å²) >= 11 is 2.01. The van der Waals surface area contributed by atoms with Crippen LogP contribution in [-0.2, 0) is 0 Å². The highest BCUT2D eigenvalue weighted by Crippen LogP contribution is 2.22. The van der Waals surface area contributed by atoms with Gasteiger partial charge in [-0.15, -0.1) is 0 Å². The molecule has 0 saturated heterocycles. The zero-order chi connectivity index (χ0) is 14.9. The summed E-state index contributed by atoms with van der Waals surface area (Å²) in [6.07, 6.45) is 0. The van der Waals surface area contributed by atoms with Crippen molar-refractivity contribution in [2.45, 2.75) is 20.8 Å². The van der Waals surface area contributed by atoms with E-state index in [0.717, 1.165) is 16.7 Å². The van der Waals surface area contributed by atoms with Gasteiger partial charge in [0.25, 0.3) is 5.91 Å².